The molecule has 74 valence electrons. The number of rotatable bonds is 4. The molecule has 0 aliphatic carbocycles. The smallest absolute Gasteiger partial charge is 0.293 e. The van der Waals surface area contributed by atoms with Crippen LogP contribution in [0.3, 0.4) is 0 Å². The first-order chi connectivity index (χ1) is 6.74. The molecule has 0 aliphatic rings. The van der Waals surface area contributed by atoms with Gasteiger partial charge in [0.05, 0.1) is 0 Å². The minimum absolute atomic E-state index is 0.0698. The first-order valence-corrected chi connectivity index (χ1v) is 3.91. The van der Waals surface area contributed by atoms with E-state index in [0.29, 0.717) is 6.47 Å². The highest BCUT2D eigenvalue weighted by Gasteiger charge is 1.99. The fourth-order valence-electron chi connectivity index (χ4n) is 0.907. The molecular weight excluding hydrogens is 190 g/mol. The molecule has 0 heterocycles. The Balaban J connectivity index is 2.67. The molecule has 0 atom stereocenters. The second-order valence-corrected chi connectivity index (χ2v) is 2.50. The minimum Gasteiger partial charge on any atom is -0.464 e. The molecule has 0 amide bonds. The Morgan fingerprint density at radius 2 is 2.14 bits per heavy atom. The van der Waals surface area contributed by atoms with Gasteiger partial charge >= 0.3 is 0 Å². The quantitative estimate of drug-likeness (QED) is 0.547. The molecule has 14 heavy (non-hydrogen) atoms. The van der Waals surface area contributed by atoms with Gasteiger partial charge in [-0.15, -0.1) is 0 Å². The third-order valence-corrected chi connectivity index (χ3v) is 1.52. The summed E-state index contributed by atoms with van der Waals surface area (Å²) in [6, 6.07) is 3.26. The molecule has 0 saturated heterocycles. The van der Waals surface area contributed by atoms with E-state index in [2.05, 4.69) is 4.74 Å². The van der Waals surface area contributed by atoms with Gasteiger partial charge in [-0.2, -0.15) is 0 Å². The number of hydrogen-bond donors (Lipinski definition) is 0. The van der Waals surface area contributed by atoms with E-state index in [1.165, 1.54) is 18.2 Å². The van der Waals surface area contributed by atoms with Gasteiger partial charge in [-0.1, -0.05) is 6.08 Å². The Bertz CT molecular complexity index is 348. The standard InChI is InChI=1S/C10H8F2O2/c11-9-4-3-8(10(12)6-9)2-1-5-14-7-13/h1-4,6-7H,5H2/b2-1+. The monoisotopic (exact) mass is 198 g/mol. The fourth-order valence-corrected chi connectivity index (χ4v) is 0.907. The van der Waals surface area contributed by atoms with Crippen LogP contribution in [0.5, 0.6) is 0 Å². The van der Waals surface area contributed by atoms with Crippen molar-refractivity contribution in [1.29, 1.82) is 0 Å². The summed E-state index contributed by atoms with van der Waals surface area (Å²) >= 11 is 0. The van der Waals surface area contributed by atoms with Crippen molar-refractivity contribution in [3.8, 4) is 0 Å². The summed E-state index contributed by atoms with van der Waals surface area (Å²) in [4.78, 5) is 9.75. The molecule has 1 aromatic carbocycles. The normalized spacial score (nSPS) is 10.4. The van der Waals surface area contributed by atoms with Gasteiger partial charge in [0.15, 0.2) is 0 Å². The predicted octanol–water partition coefficient (Wildman–Crippen LogP) is 2.15. The topological polar surface area (TPSA) is 26.3 Å². The van der Waals surface area contributed by atoms with Crippen LogP contribution in [-0.2, 0) is 9.53 Å². The summed E-state index contributed by atoms with van der Waals surface area (Å²) in [6.45, 7) is 0.367. The van der Waals surface area contributed by atoms with Crippen molar-refractivity contribution in [2.45, 2.75) is 0 Å². The average Bonchev–Trinajstić information content (AvgIpc) is 2.15. The van der Waals surface area contributed by atoms with Crippen LogP contribution in [0.1, 0.15) is 5.56 Å². The third-order valence-electron chi connectivity index (χ3n) is 1.52. The number of hydrogen-bond acceptors (Lipinski definition) is 2. The first kappa shape index (κ1) is 10.4. The summed E-state index contributed by atoms with van der Waals surface area (Å²) in [5, 5.41) is 0. The van der Waals surface area contributed by atoms with Crippen molar-refractivity contribution >= 4 is 12.5 Å². The largest absolute Gasteiger partial charge is 0.464 e. The van der Waals surface area contributed by atoms with Crippen molar-refractivity contribution in [3.63, 3.8) is 0 Å². The first-order valence-electron chi connectivity index (χ1n) is 3.91. The SMILES string of the molecule is O=COC/C=C/c1ccc(F)cc1F. The Labute approximate surface area is 79.8 Å². The van der Waals surface area contributed by atoms with Gasteiger partial charge in [0, 0.05) is 11.6 Å². The highest BCUT2D eigenvalue weighted by atomic mass is 19.1. The van der Waals surface area contributed by atoms with Crippen LogP contribution >= 0.6 is 0 Å². The molecule has 0 radical (unpaired) electrons. The van der Waals surface area contributed by atoms with Gasteiger partial charge in [-0.05, 0) is 18.2 Å². The van der Waals surface area contributed by atoms with Gasteiger partial charge in [0.25, 0.3) is 6.47 Å². The Hall–Kier alpha value is -1.71. The lowest BCUT2D eigenvalue weighted by molar-refractivity contribution is -0.127. The number of ether oxygens (including phenoxy) is 1. The minimum atomic E-state index is -0.646. The van der Waals surface area contributed by atoms with E-state index < -0.39 is 11.6 Å². The summed E-state index contributed by atoms with van der Waals surface area (Å²) in [5.41, 5.74) is 0.251. The summed E-state index contributed by atoms with van der Waals surface area (Å²) in [6.07, 6.45) is 2.88. The molecule has 1 rings (SSSR count). The average molecular weight is 198 g/mol. The lowest BCUT2D eigenvalue weighted by Gasteiger charge is -1.96. The molecule has 0 unspecified atom stereocenters. The molecule has 0 fully saturated rings. The van der Waals surface area contributed by atoms with Crippen LogP contribution in [0, 0.1) is 11.6 Å². The lowest BCUT2D eigenvalue weighted by Crippen LogP contribution is -1.87. The van der Waals surface area contributed by atoms with Crippen molar-refractivity contribution in [1.82, 2.24) is 0 Å². The maximum absolute atomic E-state index is 13.0. The van der Waals surface area contributed by atoms with Crippen LogP contribution in [0.15, 0.2) is 24.3 Å². The molecular formula is C10H8F2O2. The zero-order chi connectivity index (χ0) is 10.4. The summed E-state index contributed by atoms with van der Waals surface area (Å²) < 4.78 is 29.8. The zero-order valence-corrected chi connectivity index (χ0v) is 7.24. The number of carbonyl (C=O) groups is 1. The molecule has 0 bridgehead atoms. The fraction of sp³-hybridized carbons (Fsp3) is 0.100. The second kappa shape index (κ2) is 5.11. The van der Waals surface area contributed by atoms with Crippen molar-refractivity contribution < 1.29 is 18.3 Å². The van der Waals surface area contributed by atoms with Gasteiger partial charge in [-0.25, -0.2) is 8.78 Å². The molecule has 0 N–H and O–H groups in total. The van der Waals surface area contributed by atoms with Crippen molar-refractivity contribution in [3.05, 3.63) is 41.5 Å². The highest BCUT2D eigenvalue weighted by molar-refractivity contribution is 5.50. The predicted molar refractivity (Wildman–Crippen MR) is 47.4 cm³/mol. The Morgan fingerprint density at radius 1 is 1.36 bits per heavy atom. The molecule has 1 aromatic rings. The lowest BCUT2D eigenvalue weighted by atomic mass is 10.2. The second-order valence-electron chi connectivity index (χ2n) is 2.50. The van der Waals surface area contributed by atoms with E-state index >= 15 is 0 Å². The third kappa shape index (κ3) is 2.97. The molecule has 4 heteroatoms. The molecule has 2 nitrogen and oxygen atoms in total. The van der Waals surface area contributed by atoms with E-state index in [1.807, 2.05) is 0 Å². The number of halogens is 2. The van der Waals surface area contributed by atoms with Crippen LogP contribution < -0.4 is 0 Å². The van der Waals surface area contributed by atoms with Crippen LogP contribution in [0.2, 0.25) is 0 Å². The maximum Gasteiger partial charge on any atom is 0.293 e. The number of benzene rings is 1. The summed E-state index contributed by atoms with van der Waals surface area (Å²) in [5.74, 6) is -1.27. The van der Waals surface area contributed by atoms with Crippen molar-refractivity contribution in [2.75, 3.05) is 6.61 Å². The highest BCUT2D eigenvalue weighted by Crippen LogP contribution is 2.10. The molecule has 0 aromatic heterocycles. The van der Waals surface area contributed by atoms with Gasteiger partial charge in [0.2, 0.25) is 0 Å². The summed E-state index contributed by atoms with van der Waals surface area (Å²) in [7, 11) is 0. The van der Waals surface area contributed by atoms with Crippen LogP contribution in [-0.4, -0.2) is 13.1 Å². The molecule has 0 spiro atoms. The van der Waals surface area contributed by atoms with E-state index in [4.69, 9.17) is 0 Å². The maximum atomic E-state index is 13.0. The Kier molecular flexibility index (Phi) is 3.79. The van der Waals surface area contributed by atoms with Crippen LogP contribution in [0.25, 0.3) is 6.08 Å². The van der Waals surface area contributed by atoms with Gasteiger partial charge in [-0.3, -0.25) is 4.79 Å². The Morgan fingerprint density at radius 3 is 2.79 bits per heavy atom. The van der Waals surface area contributed by atoms with E-state index in [9.17, 15) is 13.6 Å². The molecule has 0 saturated carbocycles. The zero-order valence-electron chi connectivity index (χ0n) is 7.24. The van der Waals surface area contributed by atoms with E-state index in [-0.39, 0.29) is 12.2 Å². The molecule has 0 aliphatic heterocycles. The van der Waals surface area contributed by atoms with Gasteiger partial charge < -0.3 is 4.74 Å². The van der Waals surface area contributed by atoms with Gasteiger partial charge in [0.1, 0.15) is 18.2 Å². The van der Waals surface area contributed by atoms with E-state index in [0.717, 1.165) is 12.1 Å². The van der Waals surface area contributed by atoms with Crippen molar-refractivity contribution in [2.24, 2.45) is 0 Å². The number of carbonyl (C=O) groups excluding carboxylic acids is 1. The van der Waals surface area contributed by atoms with E-state index in [1.54, 1.807) is 0 Å². The van der Waals surface area contributed by atoms with Crippen LogP contribution in [0.4, 0.5) is 8.78 Å².